The minimum absolute atomic E-state index is 0.0156. The average molecular weight is 474 g/mol. The highest BCUT2D eigenvalue weighted by atomic mass is 16.5. The first-order valence-electron chi connectivity index (χ1n) is 11.8. The van der Waals surface area contributed by atoms with Crippen molar-refractivity contribution < 1.29 is 14.6 Å². The van der Waals surface area contributed by atoms with E-state index in [0.717, 1.165) is 16.9 Å². The maximum atomic E-state index is 13.4. The third-order valence-corrected chi connectivity index (χ3v) is 6.41. The Morgan fingerprint density at radius 3 is 2.57 bits per heavy atom. The van der Waals surface area contributed by atoms with Crippen molar-refractivity contribution in [2.24, 2.45) is 0 Å². The maximum absolute atomic E-state index is 13.4. The zero-order valence-electron chi connectivity index (χ0n) is 20.3. The van der Waals surface area contributed by atoms with E-state index in [9.17, 15) is 14.7 Å². The Kier molecular flexibility index (Phi) is 7.25. The van der Waals surface area contributed by atoms with Crippen molar-refractivity contribution in [3.05, 3.63) is 106 Å². The van der Waals surface area contributed by atoms with Gasteiger partial charge in [0.05, 0.1) is 12.6 Å². The van der Waals surface area contributed by atoms with Crippen molar-refractivity contribution in [2.75, 3.05) is 18.3 Å². The van der Waals surface area contributed by atoms with E-state index in [1.165, 1.54) is 11.6 Å². The summed E-state index contributed by atoms with van der Waals surface area (Å²) in [4.78, 5) is 27.3. The molecule has 2 heterocycles. The van der Waals surface area contributed by atoms with Crippen LogP contribution in [0, 0.1) is 13.8 Å². The molecule has 3 aromatic rings. The number of hydrogen-bond acceptors (Lipinski definition) is 5. The molecule has 4 rings (SSSR count). The van der Waals surface area contributed by atoms with Crippen LogP contribution in [0.15, 0.2) is 77.7 Å². The van der Waals surface area contributed by atoms with Gasteiger partial charge < -0.3 is 14.7 Å². The number of rotatable bonds is 8. The summed E-state index contributed by atoms with van der Waals surface area (Å²) in [5.41, 5.74) is 2.74. The van der Waals surface area contributed by atoms with Gasteiger partial charge in [-0.15, -0.1) is 0 Å². The molecule has 0 spiro atoms. The summed E-state index contributed by atoms with van der Waals surface area (Å²) < 4.78 is 7.52. The molecule has 1 aromatic heterocycles. The SMILES string of the molecule is CCC(/C=C/COc1cccc(C)c1C)N1CN(Cc2ccccc2)n2ccc(=O)c(O)c2C1=O. The number of hydrogen-bond donors (Lipinski definition) is 1. The Morgan fingerprint density at radius 2 is 1.83 bits per heavy atom. The lowest BCUT2D eigenvalue weighted by Gasteiger charge is -2.42. The molecule has 1 amide bonds. The number of aromatic hydroxyl groups is 1. The average Bonchev–Trinajstić information content (AvgIpc) is 2.86. The van der Waals surface area contributed by atoms with Crippen LogP contribution in [0.2, 0.25) is 0 Å². The molecule has 0 saturated carbocycles. The van der Waals surface area contributed by atoms with Gasteiger partial charge in [-0.25, -0.2) is 0 Å². The van der Waals surface area contributed by atoms with Crippen LogP contribution in [0.25, 0.3) is 0 Å². The summed E-state index contributed by atoms with van der Waals surface area (Å²) in [6, 6.07) is 16.9. The van der Waals surface area contributed by atoms with E-state index in [1.54, 1.807) is 15.8 Å². The number of benzene rings is 2. The van der Waals surface area contributed by atoms with Gasteiger partial charge in [0, 0.05) is 12.3 Å². The van der Waals surface area contributed by atoms with Gasteiger partial charge in [0.1, 0.15) is 19.0 Å². The molecule has 1 unspecified atom stereocenters. The zero-order chi connectivity index (χ0) is 24.9. The monoisotopic (exact) mass is 473 g/mol. The molecule has 7 heteroatoms. The lowest BCUT2D eigenvalue weighted by molar-refractivity contribution is 0.0631. The number of aromatic nitrogens is 1. The van der Waals surface area contributed by atoms with E-state index in [2.05, 4.69) is 0 Å². The summed E-state index contributed by atoms with van der Waals surface area (Å²) in [7, 11) is 0. The Labute approximate surface area is 205 Å². The number of nitrogens with zero attached hydrogens (tertiary/aromatic N) is 3. The Morgan fingerprint density at radius 1 is 1.06 bits per heavy atom. The lowest BCUT2D eigenvalue weighted by Crippen LogP contribution is -2.56. The number of carbonyl (C=O) groups is 1. The van der Waals surface area contributed by atoms with Crippen LogP contribution in [0.1, 0.15) is 40.5 Å². The highest BCUT2D eigenvalue weighted by Gasteiger charge is 2.34. The first kappa shape index (κ1) is 24.1. The number of amides is 1. The van der Waals surface area contributed by atoms with Crippen LogP contribution in [-0.4, -0.2) is 39.9 Å². The van der Waals surface area contributed by atoms with Gasteiger partial charge in [-0.05, 0) is 49.1 Å². The normalized spacial score (nSPS) is 14.3. The first-order chi connectivity index (χ1) is 16.9. The predicted octanol–water partition coefficient (Wildman–Crippen LogP) is 4.14. The molecule has 1 aliphatic heterocycles. The third kappa shape index (κ3) is 5.09. The van der Waals surface area contributed by atoms with Crippen LogP contribution in [0.5, 0.6) is 11.5 Å². The van der Waals surface area contributed by atoms with E-state index >= 15 is 0 Å². The molecular formula is C28H31N3O4. The quantitative estimate of drug-likeness (QED) is 0.498. The van der Waals surface area contributed by atoms with Gasteiger partial charge in [-0.3, -0.25) is 19.3 Å². The number of aryl methyl sites for hydroxylation is 1. The van der Waals surface area contributed by atoms with Crippen LogP contribution in [0.3, 0.4) is 0 Å². The molecule has 7 nitrogen and oxygen atoms in total. The topological polar surface area (TPSA) is 75.0 Å². The van der Waals surface area contributed by atoms with E-state index in [-0.39, 0.29) is 17.6 Å². The molecule has 0 bridgehead atoms. The van der Waals surface area contributed by atoms with Crippen LogP contribution >= 0.6 is 0 Å². The third-order valence-electron chi connectivity index (χ3n) is 6.41. The number of carbonyl (C=O) groups excluding carboxylic acids is 1. The van der Waals surface area contributed by atoms with Gasteiger partial charge in [-0.2, -0.15) is 0 Å². The Balaban J connectivity index is 1.57. The summed E-state index contributed by atoms with van der Waals surface area (Å²) in [5.74, 6) is -0.0715. The maximum Gasteiger partial charge on any atom is 0.278 e. The highest BCUT2D eigenvalue weighted by Crippen LogP contribution is 2.24. The molecule has 0 fully saturated rings. The van der Waals surface area contributed by atoms with Crippen molar-refractivity contribution in [3.8, 4) is 11.5 Å². The van der Waals surface area contributed by atoms with Gasteiger partial charge in [0.2, 0.25) is 5.43 Å². The Bertz CT molecular complexity index is 1280. The predicted molar refractivity (Wildman–Crippen MR) is 136 cm³/mol. The zero-order valence-corrected chi connectivity index (χ0v) is 20.3. The summed E-state index contributed by atoms with van der Waals surface area (Å²) >= 11 is 0. The molecule has 0 saturated heterocycles. The molecule has 182 valence electrons. The van der Waals surface area contributed by atoms with Crippen molar-refractivity contribution >= 4 is 5.91 Å². The molecule has 1 N–H and O–H groups in total. The number of pyridine rings is 1. The smallest absolute Gasteiger partial charge is 0.278 e. The van der Waals surface area contributed by atoms with Crippen molar-refractivity contribution in [1.82, 2.24) is 9.58 Å². The van der Waals surface area contributed by atoms with Gasteiger partial charge in [0.15, 0.2) is 11.4 Å². The fourth-order valence-corrected chi connectivity index (χ4v) is 4.26. The van der Waals surface area contributed by atoms with Gasteiger partial charge in [0.25, 0.3) is 5.91 Å². The lowest BCUT2D eigenvalue weighted by atomic mass is 10.1. The van der Waals surface area contributed by atoms with Crippen LogP contribution < -0.4 is 15.2 Å². The molecule has 0 radical (unpaired) electrons. The minimum Gasteiger partial charge on any atom is -0.502 e. The second-order valence-corrected chi connectivity index (χ2v) is 8.70. The number of fused-ring (bicyclic) bond motifs is 1. The Hall–Kier alpha value is -4.00. The largest absolute Gasteiger partial charge is 0.502 e. The summed E-state index contributed by atoms with van der Waals surface area (Å²) in [5, 5.41) is 12.5. The fourth-order valence-electron chi connectivity index (χ4n) is 4.26. The molecule has 1 atom stereocenters. The van der Waals surface area contributed by atoms with Crippen molar-refractivity contribution in [1.29, 1.82) is 0 Å². The van der Waals surface area contributed by atoms with Crippen molar-refractivity contribution in [2.45, 2.75) is 39.8 Å². The summed E-state index contributed by atoms with van der Waals surface area (Å²) in [6.07, 6.45) is 6.09. The van der Waals surface area contributed by atoms with Crippen molar-refractivity contribution in [3.63, 3.8) is 0 Å². The highest BCUT2D eigenvalue weighted by molar-refractivity contribution is 5.96. The standard InChI is InChI=1S/C28H31N3O4/c1-4-23(13-9-17-35-25-14-8-10-20(2)21(25)3)30-19-29(18-22-11-6-5-7-12-22)31-16-15-24(32)27(33)26(31)28(30)34/h5-16,23,33H,4,17-19H2,1-3H3/b13-9+. The second kappa shape index (κ2) is 10.5. The second-order valence-electron chi connectivity index (χ2n) is 8.70. The molecule has 1 aliphatic rings. The van der Waals surface area contributed by atoms with E-state index in [4.69, 9.17) is 4.74 Å². The molecule has 0 aliphatic carbocycles. The van der Waals surface area contributed by atoms with E-state index in [0.29, 0.717) is 26.2 Å². The fraction of sp³-hybridized carbons (Fsp3) is 0.286. The van der Waals surface area contributed by atoms with Gasteiger partial charge >= 0.3 is 0 Å². The van der Waals surface area contributed by atoms with Crippen LogP contribution in [-0.2, 0) is 6.54 Å². The van der Waals surface area contributed by atoms with Crippen LogP contribution in [0.4, 0.5) is 0 Å². The van der Waals surface area contributed by atoms with Gasteiger partial charge in [-0.1, -0.05) is 55.5 Å². The summed E-state index contributed by atoms with van der Waals surface area (Å²) in [6.45, 7) is 7.27. The van der Waals surface area contributed by atoms with E-state index < -0.39 is 11.2 Å². The molecule has 2 aromatic carbocycles. The van der Waals surface area contributed by atoms with E-state index in [1.807, 2.05) is 86.5 Å². The minimum atomic E-state index is -0.573. The first-order valence-corrected chi connectivity index (χ1v) is 11.8. The molecular weight excluding hydrogens is 442 g/mol. The number of ether oxygens (including phenoxy) is 1. The molecule has 35 heavy (non-hydrogen) atoms.